The van der Waals surface area contributed by atoms with Crippen LogP contribution in [0.25, 0.3) is 22.3 Å². The molecule has 9 heteroatoms. The molecule has 2 fully saturated rings. The molecule has 0 bridgehead atoms. The number of carbonyl (C=O) groups excluding carboxylic acids is 1. The van der Waals surface area contributed by atoms with Crippen LogP contribution in [0.5, 0.6) is 5.75 Å². The minimum Gasteiger partial charge on any atom is -0.497 e. The van der Waals surface area contributed by atoms with Crippen molar-refractivity contribution in [1.82, 2.24) is 19.7 Å². The van der Waals surface area contributed by atoms with Crippen LogP contribution in [0, 0.1) is 12.8 Å². The summed E-state index contributed by atoms with van der Waals surface area (Å²) in [5, 5.41) is 5.45. The quantitative estimate of drug-likeness (QED) is 0.335. The van der Waals surface area contributed by atoms with E-state index in [0.717, 1.165) is 24.8 Å². The molecule has 1 amide bonds. The minimum absolute atomic E-state index is 0.0311. The molecule has 0 saturated carbocycles. The van der Waals surface area contributed by atoms with Crippen molar-refractivity contribution in [3.05, 3.63) is 77.5 Å². The van der Waals surface area contributed by atoms with E-state index >= 15 is 0 Å². The maximum Gasteiger partial charge on any atom is 0.254 e. The van der Waals surface area contributed by atoms with Crippen molar-refractivity contribution in [2.75, 3.05) is 31.7 Å². The molecule has 4 aromatic rings. The van der Waals surface area contributed by atoms with E-state index in [0.29, 0.717) is 59.2 Å². The van der Waals surface area contributed by atoms with E-state index in [1.54, 1.807) is 11.8 Å². The SMILES string of the molecule is COc1cccc(-c2cc(C(=O)N3CCC(Cc4ccccc4)CC3)c3c(C)nn(C4CCS(=O)(=O)C4)c3n2)c1. The zero-order valence-electron chi connectivity index (χ0n) is 22.9. The predicted octanol–water partition coefficient (Wildman–Crippen LogP) is 4.87. The molecular weight excluding hydrogens is 524 g/mol. The second-order valence-electron chi connectivity index (χ2n) is 11.0. The number of pyridine rings is 1. The van der Waals surface area contributed by atoms with Crippen LogP contribution in [0.15, 0.2) is 60.7 Å². The second-order valence-corrected chi connectivity index (χ2v) is 13.2. The van der Waals surface area contributed by atoms with Crippen LogP contribution < -0.4 is 4.74 Å². The number of hydrogen-bond donors (Lipinski definition) is 0. The topological polar surface area (TPSA) is 94.4 Å². The summed E-state index contributed by atoms with van der Waals surface area (Å²) in [5.41, 5.74) is 4.60. The molecule has 0 radical (unpaired) electrons. The number of fused-ring (bicyclic) bond motifs is 1. The summed E-state index contributed by atoms with van der Waals surface area (Å²) >= 11 is 0. The van der Waals surface area contributed by atoms with Gasteiger partial charge in [-0.15, -0.1) is 0 Å². The van der Waals surface area contributed by atoms with E-state index in [2.05, 4.69) is 24.3 Å². The highest BCUT2D eigenvalue weighted by molar-refractivity contribution is 7.91. The molecule has 2 aliphatic rings. The summed E-state index contributed by atoms with van der Waals surface area (Å²) in [5.74, 6) is 1.38. The third-order valence-corrected chi connectivity index (χ3v) is 10.0. The Hall–Kier alpha value is -3.72. The summed E-state index contributed by atoms with van der Waals surface area (Å²) in [6.07, 6.45) is 3.42. The average molecular weight is 559 g/mol. The summed E-state index contributed by atoms with van der Waals surface area (Å²) in [7, 11) is -1.51. The molecule has 2 saturated heterocycles. The van der Waals surface area contributed by atoms with Gasteiger partial charge in [0.15, 0.2) is 15.5 Å². The van der Waals surface area contributed by atoms with Gasteiger partial charge in [0.1, 0.15) is 5.75 Å². The van der Waals surface area contributed by atoms with E-state index in [1.165, 1.54) is 5.56 Å². The number of amides is 1. The van der Waals surface area contributed by atoms with Crippen LogP contribution in [0.1, 0.15) is 46.9 Å². The molecule has 4 heterocycles. The molecule has 208 valence electrons. The number of likely N-dealkylation sites (tertiary alicyclic amines) is 1. The third kappa shape index (κ3) is 5.22. The highest BCUT2D eigenvalue weighted by Gasteiger charge is 2.33. The molecule has 1 unspecified atom stereocenters. The number of benzene rings is 2. The Labute approximate surface area is 234 Å². The Morgan fingerprint density at radius 1 is 1.02 bits per heavy atom. The second kappa shape index (κ2) is 10.7. The lowest BCUT2D eigenvalue weighted by Gasteiger charge is -2.32. The molecular formula is C31H34N4O4S. The molecule has 0 aliphatic carbocycles. The Morgan fingerprint density at radius 3 is 2.50 bits per heavy atom. The number of methoxy groups -OCH3 is 1. The van der Waals surface area contributed by atoms with Crippen molar-refractivity contribution in [3.63, 3.8) is 0 Å². The van der Waals surface area contributed by atoms with Gasteiger partial charge in [-0.3, -0.25) is 4.79 Å². The van der Waals surface area contributed by atoms with Gasteiger partial charge in [0.05, 0.1) is 47.0 Å². The fourth-order valence-electron chi connectivity index (χ4n) is 6.09. The number of aromatic nitrogens is 3. The number of nitrogens with zero attached hydrogens (tertiary/aromatic N) is 4. The average Bonchev–Trinajstić information content (AvgIpc) is 3.51. The highest BCUT2D eigenvalue weighted by atomic mass is 32.2. The maximum atomic E-state index is 14.1. The smallest absolute Gasteiger partial charge is 0.254 e. The largest absolute Gasteiger partial charge is 0.497 e. The Bertz CT molecular complexity index is 1660. The zero-order valence-corrected chi connectivity index (χ0v) is 23.7. The van der Waals surface area contributed by atoms with E-state index in [-0.39, 0.29) is 23.5 Å². The number of rotatable bonds is 6. The highest BCUT2D eigenvalue weighted by Crippen LogP contribution is 2.34. The molecule has 2 aromatic heterocycles. The predicted molar refractivity (Wildman–Crippen MR) is 155 cm³/mol. The maximum absolute atomic E-state index is 14.1. The molecule has 0 N–H and O–H groups in total. The molecule has 2 aliphatic heterocycles. The molecule has 6 rings (SSSR count). The third-order valence-electron chi connectivity index (χ3n) is 8.26. The van der Waals surface area contributed by atoms with Gasteiger partial charge in [0, 0.05) is 18.7 Å². The lowest BCUT2D eigenvalue weighted by Crippen LogP contribution is -2.39. The van der Waals surface area contributed by atoms with Crippen LogP contribution in [0.4, 0.5) is 0 Å². The normalized spacial score (nSPS) is 19.2. The van der Waals surface area contributed by atoms with Crippen LogP contribution in [0.2, 0.25) is 0 Å². The fraction of sp³-hybridized carbons (Fsp3) is 0.387. The molecule has 0 spiro atoms. The molecule has 40 heavy (non-hydrogen) atoms. The summed E-state index contributed by atoms with van der Waals surface area (Å²) in [4.78, 5) is 21.0. The van der Waals surface area contributed by atoms with Crippen LogP contribution in [-0.2, 0) is 16.3 Å². The molecule has 2 aromatic carbocycles. The first kappa shape index (κ1) is 26.5. The van der Waals surface area contributed by atoms with Gasteiger partial charge in [-0.25, -0.2) is 18.1 Å². The Kier molecular flexibility index (Phi) is 7.08. The van der Waals surface area contributed by atoms with Crippen LogP contribution in [0.3, 0.4) is 0 Å². The lowest BCUT2D eigenvalue weighted by molar-refractivity contribution is 0.0692. The number of aryl methyl sites for hydroxylation is 1. The van der Waals surface area contributed by atoms with Gasteiger partial charge in [-0.2, -0.15) is 5.10 Å². The summed E-state index contributed by atoms with van der Waals surface area (Å²) in [6.45, 7) is 3.27. The number of piperidine rings is 1. The number of ether oxygens (including phenoxy) is 1. The van der Waals surface area contributed by atoms with E-state index in [4.69, 9.17) is 14.8 Å². The van der Waals surface area contributed by atoms with E-state index in [1.807, 2.05) is 48.2 Å². The van der Waals surface area contributed by atoms with Gasteiger partial charge in [-0.05, 0) is 62.3 Å². The van der Waals surface area contributed by atoms with E-state index in [9.17, 15) is 13.2 Å². The minimum atomic E-state index is -3.13. The van der Waals surface area contributed by atoms with Gasteiger partial charge < -0.3 is 9.64 Å². The number of hydrogen-bond acceptors (Lipinski definition) is 6. The van der Waals surface area contributed by atoms with Gasteiger partial charge in [0.2, 0.25) is 0 Å². The van der Waals surface area contributed by atoms with Crippen LogP contribution >= 0.6 is 0 Å². The standard InChI is InChI=1S/C31H34N4O4S/c1-21-29-27(31(36)34-14-11-23(12-15-34)17-22-7-4-3-5-8-22)19-28(24-9-6-10-26(18-24)39-2)32-30(29)35(33-21)25-13-16-40(37,38)20-25/h3-10,18-19,23,25H,11-17,20H2,1-2H3. The Morgan fingerprint density at radius 2 is 1.80 bits per heavy atom. The zero-order chi connectivity index (χ0) is 27.9. The van der Waals surface area contributed by atoms with Gasteiger partial charge in [-0.1, -0.05) is 42.5 Å². The van der Waals surface area contributed by atoms with Crippen molar-refractivity contribution in [3.8, 4) is 17.0 Å². The fourth-order valence-corrected chi connectivity index (χ4v) is 7.78. The van der Waals surface area contributed by atoms with Crippen molar-refractivity contribution in [2.24, 2.45) is 5.92 Å². The first-order valence-corrected chi connectivity index (χ1v) is 15.7. The monoisotopic (exact) mass is 558 g/mol. The van der Waals surface area contributed by atoms with Crippen molar-refractivity contribution < 1.29 is 17.9 Å². The van der Waals surface area contributed by atoms with Gasteiger partial charge in [0.25, 0.3) is 5.91 Å². The molecule has 1 atom stereocenters. The first-order valence-electron chi connectivity index (χ1n) is 13.9. The lowest BCUT2D eigenvalue weighted by atomic mass is 9.90. The summed E-state index contributed by atoms with van der Waals surface area (Å²) in [6, 6.07) is 19.7. The summed E-state index contributed by atoms with van der Waals surface area (Å²) < 4.78 is 31.8. The van der Waals surface area contributed by atoms with Crippen molar-refractivity contribution in [1.29, 1.82) is 0 Å². The first-order chi connectivity index (χ1) is 19.3. The van der Waals surface area contributed by atoms with Crippen molar-refractivity contribution in [2.45, 2.75) is 38.6 Å². The van der Waals surface area contributed by atoms with E-state index < -0.39 is 9.84 Å². The number of carbonyl (C=O) groups is 1. The Balaban J connectivity index is 1.36. The molecule has 8 nitrogen and oxygen atoms in total. The van der Waals surface area contributed by atoms with Crippen molar-refractivity contribution >= 4 is 26.8 Å². The van der Waals surface area contributed by atoms with Gasteiger partial charge >= 0.3 is 0 Å². The van der Waals surface area contributed by atoms with Crippen LogP contribution in [-0.4, -0.2) is 65.7 Å². The number of sulfone groups is 1.